The molecule has 0 fully saturated rings. The first kappa shape index (κ1) is 9.40. The van der Waals surface area contributed by atoms with Gasteiger partial charge in [0.1, 0.15) is 5.69 Å². The molecule has 0 amide bonds. The Morgan fingerprint density at radius 3 is 2.57 bits per heavy atom. The molecular formula is C10H12N2OS. The first-order chi connectivity index (χ1) is 6.52. The molecule has 0 aliphatic carbocycles. The fourth-order valence-electron chi connectivity index (χ4n) is 1.66. The highest BCUT2D eigenvalue weighted by atomic mass is 32.1. The zero-order valence-electron chi connectivity index (χ0n) is 8.71. The van der Waals surface area contributed by atoms with E-state index in [1.165, 1.54) is 4.88 Å². The van der Waals surface area contributed by atoms with Gasteiger partial charge in [-0.15, -0.1) is 11.3 Å². The van der Waals surface area contributed by atoms with Gasteiger partial charge < -0.3 is 0 Å². The van der Waals surface area contributed by atoms with Crippen molar-refractivity contribution in [3.8, 4) is 0 Å². The molecule has 0 aliphatic heterocycles. The minimum absolute atomic E-state index is 0.0795. The standard InChI is InChI=1S/C10H12N2OS/c1-5-9(7(3)13)12-6(2)8(4)14-10(12)11-5/h1-4H3. The number of carbonyl (C=O) groups excluding carboxylic acids is 1. The smallest absolute Gasteiger partial charge is 0.194 e. The number of hydrogen-bond acceptors (Lipinski definition) is 3. The fourth-order valence-corrected chi connectivity index (χ4v) is 2.68. The van der Waals surface area contributed by atoms with Crippen LogP contribution in [0.1, 0.15) is 33.7 Å². The van der Waals surface area contributed by atoms with E-state index in [4.69, 9.17) is 0 Å². The number of nitrogens with zero attached hydrogens (tertiary/aromatic N) is 2. The lowest BCUT2D eigenvalue weighted by Gasteiger charge is -1.97. The Bertz CT molecular complexity index is 522. The molecule has 14 heavy (non-hydrogen) atoms. The highest BCUT2D eigenvalue weighted by molar-refractivity contribution is 7.17. The summed E-state index contributed by atoms with van der Waals surface area (Å²) in [5.74, 6) is 0.0795. The van der Waals surface area contributed by atoms with Crippen LogP contribution in [-0.4, -0.2) is 15.2 Å². The molecule has 2 rings (SSSR count). The maximum absolute atomic E-state index is 11.4. The molecule has 0 saturated carbocycles. The van der Waals surface area contributed by atoms with Crippen molar-refractivity contribution in [1.82, 2.24) is 9.38 Å². The molecule has 0 atom stereocenters. The van der Waals surface area contributed by atoms with E-state index < -0.39 is 0 Å². The van der Waals surface area contributed by atoms with Crippen molar-refractivity contribution in [3.05, 3.63) is 22.0 Å². The van der Waals surface area contributed by atoms with Crippen molar-refractivity contribution in [2.24, 2.45) is 0 Å². The molecule has 0 N–H and O–H groups in total. The average Bonchev–Trinajstić information content (AvgIpc) is 2.51. The van der Waals surface area contributed by atoms with Crippen molar-refractivity contribution in [1.29, 1.82) is 0 Å². The second-order valence-corrected chi connectivity index (χ2v) is 4.65. The van der Waals surface area contributed by atoms with Crippen LogP contribution < -0.4 is 0 Å². The summed E-state index contributed by atoms with van der Waals surface area (Å²) in [4.78, 5) is 18.0. The largest absolute Gasteiger partial charge is 0.293 e. The first-order valence-corrected chi connectivity index (χ1v) is 5.30. The Morgan fingerprint density at radius 2 is 2.00 bits per heavy atom. The lowest BCUT2D eigenvalue weighted by atomic mass is 10.2. The summed E-state index contributed by atoms with van der Waals surface area (Å²) in [5.41, 5.74) is 2.67. The molecule has 0 radical (unpaired) electrons. The Balaban J connectivity index is 2.91. The fraction of sp³-hybridized carbons (Fsp3) is 0.400. The van der Waals surface area contributed by atoms with Crippen LogP contribution in [0.2, 0.25) is 0 Å². The van der Waals surface area contributed by atoms with Gasteiger partial charge in [0.2, 0.25) is 0 Å². The Morgan fingerprint density at radius 1 is 1.36 bits per heavy atom. The summed E-state index contributed by atoms with van der Waals surface area (Å²) in [6.07, 6.45) is 0. The van der Waals surface area contributed by atoms with Crippen molar-refractivity contribution >= 4 is 22.1 Å². The number of aryl methyl sites for hydroxylation is 3. The molecule has 2 aromatic heterocycles. The van der Waals surface area contributed by atoms with Crippen LogP contribution in [0.25, 0.3) is 4.96 Å². The molecule has 0 unspecified atom stereocenters. The maximum Gasteiger partial charge on any atom is 0.194 e. The van der Waals surface area contributed by atoms with Crippen LogP contribution in [0.5, 0.6) is 0 Å². The molecule has 2 heterocycles. The SMILES string of the molecule is CC(=O)c1c(C)nc2sc(C)c(C)n12. The quantitative estimate of drug-likeness (QED) is 0.675. The van der Waals surface area contributed by atoms with E-state index in [9.17, 15) is 4.79 Å². The molecule has 0 aliphatic rings. The number of thiazole rings is 1. The zero-order valence-corrected chi connectivity index (χ0v) is 9.53. The summed E-state index contributed by atoms with van der Waals surface area (Å²) in [5, 5.41) is 0. The number of rotatable bonds is 1. The van der Waals surface area contributed by atoms with Crippen molar-refractivity contribution < 1.29 is 4.79 Å². The predicted molar refractivity (Wildman–Crippen MR) is 57.3 cm³/mol. The van der Waals surface area contributed by atoms with Crippen LogP contribution in [-0.2, 0) is 0 Å². The lowest BCUT2D eigenvalue weighted by Crippen LogP contribution is -2.01. The van der Waals surface area contributed by atoms with Gasteiger partial charge in [0.05, 0.1) is 5.69 Å². The van der Waals surface area contributed by atoms with Gasteiger partial charge in [0.15, 0.2) is 10.7 Å². The molecule has 2 aromatic rings. The van der Waals surface area contributed by atoms with E-state index in [1.54, 1.807) is 18.3 Å². The molecule has 0 spiro atoms. The zero-order chi connectivity index (χ0) is 10.5. The van der Waals surface area contributed by atoms with Gasteiger partial charge in [0.25, 0.3) is 0 Å². The van der Waals surface area contributed by atoms with Gasteiger partial charge >= 0.3 is 0 Å². The van der Waals surface area contributed by atoms with E-state index in [2.05, 4.69) is 4.98 Å². The van der Waals surface area contributed by atoms with Crippen LogP contribution in [0.3, 0.4) is 0 Å². The van der Waals surface area contributed by atoms with Gasteiger partial charge in [-0.3, -0.25) is 9.20 Å². The van der Waals surface area contributed by atoms with Crippen molar-refractivity contribution in [2.75, 3.05) is 0 Å². The molecular weight excluding hydrogens is 196 g/mol. The van der Waals surface area contributed by atoms with Gasteiger partial charge in [-0.1, -0.05) is 0 Å². The minimum Gasteiger partial charge on any atom is -0.293 e. The maximum atomic E-state index is 11.4. The monoisotopic (exact) mass is 208 g/mol. The van der Waals surface area contributed by atoms with Crippen molar-refractivity contribution in [3.63, 3.8) is 0 Å². The molecule has 3 nitrogen and oxygen atoms in total. The third-order valence-corrected chi connectivity index (χ3v) is 3.50. The van der Waals surface area contributed by atoms with E-state index in [0.717, 1.165) is 22.0 Å². The molecule has 0 aromatic carbocycles. The van der Waals surface area contributed by atoms with E-state index in [1.807, 2.05) is 25.2 Å². The van der Waals surface area contributed by atoms with Crippen LogP contribution in [0.4, 0.5) is 0 Å². The minimum atomic E-state index is 0.0795. The number of carbonyl (C=O) groups is 1. The van der Waals surface area contributed by atoms with Gasteiger partial charge in [-0.25, -0.2) is 4.98 Å². The summed E-state index contributed by atoms with van der Waals surface area (Å²) in [6, 6.07) is 0. The Hall–Kier alpha value is -1.16. The number of ketones is 1. The van der Waals surface area contributed by atoms with Crippen LogP contribution in [0, 0.1) is 20.8 Å². The lowest BCUT2D eigenvalue weighted by molar-refractivity contribution is 0.101. The van der Waals surface area contributed by atoms with E-state index in [-0.39, 0.29) is 5.78 Å². The Labute approximate surface area is 86.4 Å². The number of Topliss-reactive ketones (excluding diaryl/α,β-unsaturated/α-hetero) is 1. The number of imidazole rings is 1. The van der Waals surface area contributed by atoms with Crippen molar-refractivity contribution in [2.45, 2.75) is 27.7 Å². The second-order valence-electron chi connectivity index (χ2n) is 3.46. The van der Waals surface area contributed by atoms with Gasteiger partial charge in [-0.05, 0) is 20.8 Å². The van der Waals surface area contributed by atoms with Crippen LogP contribution in [0.15, 0.2) is 0 Å². The predicted octanol–water partition coefficient (Wildman–Crippen LogP) is 2.52. The van der Waals surface area contributed by atoms with Gasteiger partial charge in [-0.2, -0.15) is 0 Å². The van der Waals surface area contributed by atoms with E-state index in [0.29, 0.717) is 0 Å². The normalized spacial score (nSPS) is 11.1. The summed E-state index contributed by atoms with van der Waals surface area (Å²) < 4.78 is 1.96. The molecule has 0 saturated heterocycles. The topological polar surface area (TPSA) is 34.4 Å². The molecule has 4 heteroatoms. The highest BCUT2D eigenvalue weighted by Crippen LogP contribution is 2.24. The Kier molecular flexibility index (Phi) is 1.96. The first-order valence-electron chi connectivity index (χ1n) is 4.48. The van der Waals surface area contributed by atoms with E-state index >= 15 is 0 Å². The number of hydrogen-bond donors (Lipinski definition) is 0. The summed E-state index contributed by atoms with van der Waals surface area (Å²) >= 11 is 1.63. The molecule has 0 bridgehead atoms. The second kappa shape index (κ2) is 2.92. The number of aromatic nitrogens is 2. The van der Waals surface area contributed by atoms with Crippen LogP contribution >= 0.6 is 11.3 Å². The molecule has 74 valence electrons. The summed E-state index contributed by atoms with van der Waals surface area (Å²) in [6.45, 7) is 7.54. The number of fused-ring (bicyclic) bond motifs is 1. The summed E-state index contributed by atoms with van der Waals surface area (Å²) in [7, 11) is 0. The average molecular weight is 208 g/mol. The van der Waals surface area contributed by atoms with Gasteiger partial charge in [0, 0.05) is 17.5 Å². The highest BCUT2D eigenvalue weighted by Gasteiger charge is 2.17. The third-order valence-electron chi connectivity index (χ3n) is 2.44. The third kappa shape index (κ3) is 1.10.